The second-order valence-electron chi connectivity index (χ2n) is 5.11. The highest BCUT2D eigenvalue weighted by Crippen LogP contribution is 2.15. The number of rotatable bonds is 4. The van der Waals surface area contributed by atoms with E-state index < -0.39 is 0 Å². The molecule has 0 aromatic carbocycles. The minimum absolute atomic E-state index is 0.0794. The molecular formula is C15H18N6O. The Kier molecular flexibility index (Phi) is 3.62. The van der Waals surface area contributed by atoms with Gasteiger partial charge in [-0.1, -0.05) is 6.07 Å². The second kappa shape index (κ2) is 5.59. The van der Waals surface area contributed by atoms with Gasteiger partial charge in [0.25, 0.3) is 5.56 Å². The lowest BCUT2D eigenvalue weighted by molar-refractivity contribution is 0.708. The van der Waals surface area contributed by atoms with Crippen LogP contribution in [0.15, 0.2) is 29.3 Å². The zero-order valence-electron chi connectivity index (χ0n) is 12.9. The lowest BCUT2D eigenvalue weighted by Crippen LogP contribution is -2.25. The van der Waals surface area contributed by atoms with E-state index >= 15 is 0 Å². The number of aryl methyl sites for hydroxylation is 2. The molecule has 0 saturated heterocycles. The Morgan fingerprint density at radius 3 is 2.86 bits per heavy atom. The van der Waals surface area contributed by atoms with Gasteiger partial charge in [0.15, 0.2) is 5.52 Å². The molecule has 0 fully saturated rings. The lowest BCUT2D eigenvalue weighted by atomic mass is 10.3. The van der Waals surface area contributed by atoms with E-state index in [9.17, 15) is 4.79 Å². The lowest BCUT2D eigenvalue weighted by Gasteiger charge is -2.12. The highest BCUT2D eigenvalue weighted by atomic mass is 16.1. The summed E-state index contributed by atoms with van der Waals surface area (Å²) in [6, 6.07) is 3.86. The Morgan fingerprint density at radius 2 is 2.18 bits per heavy atom. The van der Waals surface area contributed by atoms with E-state index in [1.165, 1.54) is 0 Å². The second-order valence-corrected chi connectivity index (χ2v) is 5.11. The molecule has 22 heavy (non-hydrogen) atoms. The van der Waals surface area contributed by atoms with Gasteiger partial charge < -0.3 is 5.32 Å². The van der Waals surface area contributed by atoms with Gasteiger partial charge in [-0.25, -0.2) is 4.98 Å². The first-order valence-corrected chi connectivity index (χ1v) is 7.18. The first-order valence-electron chi connectivity index (χ1n) is 7.18. The Labute approximate surface area is 127 Å². The quantitative estimate of drug-likeness (QED) is 0.789. The first-order chi connectivity index (χ1) is 10.6. The van der Waals surface area contributed by atoms with Crippen LogP contribution in [0.25, 0.3) is 11.0 Å². The summed E-state index contributed by atoms with van der Waals surface area (Å²) in [6.07, 6.45) is 3.52. The van der Waals surface area contributed by atoms with Crippen molar-refractivity contribution in [2.45, 2.75) is 26.9 Å². The van der Waals surface area contributed by atoms with Gasteiger partial charge in [-0.3, -0.25) is 19.0 Å². The van der Waals surface area contributed by atoms with Crippen LogP contribution in [0.3, 0.4) is 0 Å². The number of pyridine rings is 1. The molecule has 0 saturated carbocycles. The van der Waals surface area contributed by atoms with E-state index in [4.69, 9.17) is 0 Å². The summed E-state index contributed by atoms with van der Waals surface area (Å²) in [5.41, 5.74) is 2.88. The predicted octanol–water partition coefficient (Wildman–Crippen LogP) is 1.47. The van der Waals surface area contributed by atoms with Gasteiger partial charge in [-0.15, -0.1) is 0 Å². The van der Waals surface area contributed by atoms with Crippen molar-refractivity contribution in [3.05, 3.63) is 46.1 Å². The standard InChI is InChI=1S/C15H18N6O/c1-4-21-14(22)13-12(10(2)19-20(13)3)18-15(21)17-9-11-6-5-7-16-8-11/h5-8H,4,9H2,1-3H3,(H,17,18). The zero-order valence-corrected chi connectivity index (χ0v) is 12.9. The van der Waals surface area contributed by atoms with Crippen LogP contribution in [-0.4, -0.2) is 24.3 Å². The number of hydrogen-bond acceptors (Lipinski definition) is 5. The van der Waals surface area contributed by atoms with Crippen LogP contribution in [0.1, 0.15) is 18.2 Å². The molecule has 0 spiro atoms. The summed E-state index contributed by atoms with van der Waals surface area (Å²) in [4.78, 5) is 21.3. The Balaban J connectivity index is 2.05. The van der Waals surface area contributed by atoms with Gasteiger partial charge in [0.05, 0.1) is 5.69 Å². The average molecular weight is 298 g/mol. The summed E-state index contributed by atoms with van der Waals surface area (Å²) in [6.45, 7) is 4.88. The van der Waals surface area contributed by atoms with E-state index in [-0.39, 0.29) is 5.56 Å². The molecule has 0 aliphatic rings. The van der Waals surface area contributed by atoms with Gasteiger partial charge in [0.1, 0.15) is 5.52 Å². The Bertz CT molecular complexity index is 865. The van der Waals surface area contributed by atoms with Crippen molar-refractivity contribution >= 4 is 17.0 Å². The minimum Gasteiger partial charge on any atom is -0.351 e. The van der Waals surface area contributed by atoms with Crippen molar-refractivity contribution in [2.75, 3.05) is 5.32 Å². The van der Waals surface area contributed by atoms with Crippen LogP contribution in [0.4, 0.5) is 5.95 Å². The smallest absolute Gasteiger partial charge is 0.281 e. The van der Waals surface area contributed by atoms with Crippen molar-refractivity contribution in [2.24, 2.45) is 7.05 Å². The van der Waals surface area contributed by atoms with Crippen LogP contribution < -0.4 is 10.9 Å². The van der Waals surface area contributed by atoms with Gasteiger partial charge in [-0.05, 0) is 25.5 Å². The normalized spacial score (nSPS) is 11.0. The van der Waals surface area contributed by atoms with Gasteiger partial charge in [0.2, 0.25) is 5.95 Å². The molecule has 0 radical (unpaired) electrons. The molecule has 0 atom stereocenters. The summed E-state index contributed by atoms with van der Waals surface area (Å²) in [5, 5.41) is 7.51. The van der Waals surface area contributed by atoms with Gasteiger partial charge in [0, 0.05) is 32.5 Å². The first kappa shape index (κ1) is 14.2. The molecule has 0 bridgehead atoms. The topological polar surface area (TPSA) is 77.6 Å². The summed E-state index contributed by atoms with van der Waals surface area (Å²) < 4.78 is 3.22. The van der Waals surface area contributed by atoms with Crippen LogP contribution in [0.2, 0.25) is 0 Å². The van der Waals surface area contributed by atoms with Crippen LogP contribution in [-0.2, 0) is 20.1 Å². The van der Waals surface area contributed by atoms with E-state index in [0.29, 0.717) is 30.1 Å². The summed E-state index contributed by atoms with van der Waals surface area (Å²) in [5.74, 6) is 0.556. The zero-order chi connectivity index (χ0) is 15.7. The molecule has 3 rings (SSSR count). The largest absolute Gasteiger partial charge is 0.351 e. The van der Waals surface area contributed by atoms with E-state index in [2.05, 4.69) is 20.4 Å². The number of nitrogens with one attached hydrogen (secondary N) is 1. The van der Waals surface area contributed by atoms with Crippen LogP contribution >= 0.6 is 0 Å². The van der Waals surface area contributed by atoms with Crippen molar-refractivity contribution < 1.29 is 0 Å². The molecule has 0 aliphatic heterocycles. The third-order valence-electron chi connectivity index (χ3n) is 3.60. The Hall–Kier alpha value is -2.70. The van der Waals surface area contributed by atoms with Crippen LogP contribution in [0.5, 0.6) is 0 Å². The van der Waals surface area contributed by atoms with Gasteiger partial charge in [-0.2, -0.15) is 5.10 Å². The van der Waals surface area contributed by atoms with Crippen molar-refractivity contribution in [3.63, 3.8) is 0 Å². The predicted molar refractivity (Wildman–Crippen MR) is 84.7 cm³/mol. The molecule has 114 valence electrons. The summed E-state index contributed by atoms with van der Waals surface area (Å²) >= 11 is 0. The molecule has 3 heterocycles. The average Bonchev–Trinajstić information content (AvgIpc) is 2.81. The monoisotopic (exact) mass is 298 g/mol. The maximum atomic E-state index is 12.6. The molecule has 3 aromatic rings. The molecule has 0 amide bonds. The molecular weight excluding hydrogens is 280 g/mol. The fraction of sp³-hybridized carbons (Fsp3) is 0.333. The SMILES string of the molecule is CCn1c(NCc2cccnc2)nc2c(C)nn(C)c2c1=O. The highest BCUT2D eigenvalue weighted by molar-refractivity contribution is 5.77. The molecule has 0 aliphatic carbocycles. The van der Waals surface area contributed by atoms with Crippen molar-refractivity contribution in [3.8, 4) is 0 Å². The number of anilines is 1. The van der Waals surface area contributed by atoms with E-state index in [1.807, 2.05) is 26.0 Å². The highest BCUT2D eigenvalue weighted by Gasteiger charge is 2.15. The van der Waals surface area contributed by atoms with Gasteiger partial charge >= 0.3 is 0 Å². The van der Waals surface area contributed by atoms with Crippen molar-refractivity contribution in [1.29, 1.82) is 0 Å². The fourth-order valence-electron chi connectivity index (χ4n) is 2.52. The van der Waals surface area contributed by atoms with Crippen LogP contribution in [0, 0.1) is 6.92 Å². The number of nitrogens with zero attached hydrogens (tertiary/aromatic N) is 5. The molecule has 3 aromatic heterocycles. The number of fused-ring (bicyclic) bond motifs is 1. The maximum Gasteiger partial charge on any atom is 0.281 e. The molecule has 0 unspecified atom stereocenters. The molecule has 1 N–H and O–H groups in total. The Morgan fingerprint density at radius 1 is 1.36 bits per heavy atom. The van der Waals surface area contributed by atoms with E-state index in [1.54, 1.807) is 28.7 Å². The number of hydrogen-bond donors (Lipinski definition) is 1. The third-order valence-corrected chi connectivity index (χ3v) is 3.60. The van der Waals surface area contributed by atoms with E-state index in [0.717, 1.165) is 11.3 Å². The third kappa shape index (κ3) is 2.34. The number of aromatic nitrogens is 5. The maximum absolute atomic E-state index is 12.6. The molecule has 7 nitrogen and oxygen atoms in total. The molecule has 7 heteroatoms. The summed E-state index contributed by atoms with van der Waals surface area (Å²) in [7, 11) is 1.77. The van der Waals surface area contributed by atoms with Crippen molar-refractivity contribution in [1.82, 2.24) is 24.3 Å². The minimum atomic E-state index is -0.0794. The fourth-order valence-corrected chi connectivity index (χ4v) is 2.52.